The molecule has 0 spiro atoms. The molecule has 2 aromatic heterocycles. The van der Waals surface area contributed by atoms with Crippen molar-refractivity contribution in [2.45, 2.75) is 0 Å². The molecule has 1 aliphatic rings. The standard InChI is InChI=1S/C27H18N4O2S/c32-26-22(16-19-17-23-24(28-19)29-25(34-23)18-10-4-1-5-11-18)27(33)31(21-14-8-3-9-15-21)30(26)20-12-6-2-7-13-20/h1-17,28H. The number of anilines is 2. The number of aromatic amines is 1. The summed E-state index contributed by atoms with van der Waals surface area (Å²) in [5, 5.41) is 3.75. The number of para-hydroxylation sites is 2. The molecule has 7 heteroatoms. The Morgan fingerprint density at radius 3 is 1.79 bits per heavy atom. The number of benzene rings is 3. The molecule has 1 aliphatic heterocycles. The quantitative estimate of drug-likeness (QED) is 0.276. The van der Waals surface area contributed by atoms with Crippen LogP contribution in [0, 0.1) is 0 Å². The fourth-order valence-electron chi connectivity index (χ4n) is 4.00. The fourth-order valence-corrected chi connectivity index (χ4v) is 4.98. The number of amides is 2. The van der Waals surface area contributed by atoms with Gasteiger partial charge in [-0.15, -0.1) is 11.3 Å². The number of hydrazine groups is 1. The number of thiazole rings is 1. The third-order valence-electron chi connectivity index (χ3n) is 5.57. The number of aromatic nitrogens is 2. The number of rotatable bonds is 4. The van der Waals surface area contributed by atoms with E-state index in [2.05, 4.69) is 9.97 Å². The van der Waals surface area contributed by atoms with Crippen molar-refractivity contribution in [2.75, 3.05) is 10.0 Å². The van der Waals surface area contributed by atoms with Gasteiger partial charge < -0.3 is 4.98 Å². The summed E-state index contributed by atoms with van der Waals surface area (Å²) >= 11 is 1.56. The molecule has 164 valence electrons. The topological polar surface area (TPSA) is 69.3 Å². The maximum Gasteiger partial charge on any atom is 0.283 e. The molecular weight excluding hydrogens is 444 g/mol. The Bertz CT molecular complexity index is 1450. The SMILES string of the molecule is O=C1C(=Cc2cc3sc(-c4ccccc4)nc3[nH]2)C(=O)N(c2ccccc2)N1c1ccccc1. The lowest BCUT2D eigenvalue weighted by Crippen LogP contribution is -2.41. The molecular formula is C27H18N4O2S. The fraction of sp³-hybridized carbons (Fsp3) is 0. The number of carbonyl (C=O) groups excluding carboxylic acids is 2. The third kappa shape index (κ3) is 3.39. The van der Waals surface area contributed by atoms with Crippen molar-refractivity contribution in [1.29, 1.82) is 0 Å². The second kappa shape index (κ2) is 8.13. The molecule has 0 bridgehead atoms. The Kier molecular flexibility index (Phi) is 4.82. The Morgan fingerprint density at radius 1 is 0.735 bits per heavy atom. The van der Waals surface area contributed by atoms with Gasteiger partial charge in [-0.05, 0) is 36.4 Å². The number of nitrogens with one attached hydrogen (secondary N) is 1. The van der Waals surface area contributed by atoms with Crippen LogP contribution in [0.2, 0.25) is 0 Å². The monoisotopic (exact) mass is 462 g/mol. The number of carbonyl (C=O) groups is 2. The molecule has 0 aliphatic carbocycles. The molecule has 6 rings (SSSR count). The summed E-state index contributed by atoms with van der Waals surface area (Å²) in [6.45, 7) is 0. The van der Waals surface area contributed by atoms with Crippen molar-refractivity contribution < 1.29 is 9.59 Å². The van der Waals surface area contributed by atoms with Crippen LogP contribution in [-0.2, 0) is 9.59 Å². The summed E-state index contributed by atoms with van der Waals surface area (Å²) in [7, 11) is 0. The summed E-state index contributed by atoms with van der Waals surface area (Å²) in [4.78, 5) is 34.9. The van der Waals surface area contributed by atoms with Crippen LogP contribution in [0.25, 0.3) is 27.0 Å². The van der Waals surface area contributed by atoms with Gasteiger partial charge in [-0.3, -0.25) is 9.59 Å². The van der Waals surface area contributed by atoms with Crippen molar-refractivity contribution in [3.05, 3.63) is 108 Å². The van der Waals surface area contributed by atoms with Gasteiger partial charge in [-0.25, -0.2) is 15.0 Å². The third-order valence-corrected chi connectivity index (χ3v) is 6.62. The summed E-state index contributed by atoms with van der Waals surface area (Å²) in [6, 6.07) is 30.2. The molecule has 0 radical (unpaired) electrons. The van der Waals surface area contributed by atoms with Crippen LogP contribution >= 0.6 is 11.3 Å². The minimum atomic E-state index is -0.379. The number of hydrogen-bond donors (Lipinski definition) is 1. The van der Waals surface area contributed by atoms with E-state index in [0.29, 0.717) is 17.1 Å². The van der Waals surface area contributed by atoms with Crippen LogP contribution in [0.1, 0.15) is 5.69 Å². The van der Waals surface area contributed by atoms with Crippen LogP contribution in [0.3, 0.4) is 0 Å². The first-order chi connectivity index (χ1) is 16.7. The van der Waals surface area contributed by atoms with Crippen LogP contribution < -0.4 is 10.0 Å². The summed E-state index contributed by atoms with van der Waals surface area (Å²) in [6.07, 6.45) is 1.61. The minimum Gasteiger partial charge on any atom is -0.339 e. The van der Waals surface area contributed by atoms with E-state index in [1.54, 1.807) is 17.4 Å². The molecule has 0 saturated carbocycles. The van der Waals surface area contributed by atoms with Crippen LogP contribution in [0.15, 0.2) is 103 Å². The Morgan fingerprint density at radius 2 is 1.26 bits per heavy atom. The van der Waals surface area contributed by atoms with E-state index in [9.17, 15) is 9.59 Å². The van der Waals surface area contributed by atoms with E-state index in [1.165, 1.54) is 10.0 Å². The molecule has 3 heterocycles. The molecule has 5 aromatic rings. The molecule has 3 aromatic carbocycles. The van der Waals surface area contributed by atoms with Gasteiger partial charge in [0.05, 0.1) is 16.1 Å². The molecule has 34 heavy (non-hydrogen) atoms. The molecule has 1 fully saturated rings. The lowest BCUT2D eigenvalue weighted by atomic mass is 10.2. The van der Waals surface area contributed by atoms with E-state index < -0.39 is 0 Å². The smallest absolute Gasteiger partial charge is 0.283 e. The van der Waals surface area contributed by atoms with Crippen molar-refractivity contribution in [3.63, 3.8) is 0 Å². The first-order valence-electron chi connectivity index (χ1n) is 10.7. The normalized spacial score (nSPS) is 13.8. The van der Waals surface area contributed by atoms with Gasteiger partial charge >= 0.3 is 0 Å². The van der Waals surface area contributed by atoms with Crippen molar-refractivity contribution in [1.82, 2.24) is 9.97 Å². The Hall–Kier alpha value is -4.49. The largest absolute Gasteiger partial charge is 0.339 e. The van der Waals surface area contributed by atoms with Crippen LogP contribution in [0.4, 0.5) is 11.4 Å². The van der Waals surface area contributed by atoms with Gasteiger partial charge in [0.15, 0.2) is 0 Å². The van der Waals surface area contributed by atoms with E-state index in [1.807, 2.05) is 97.1 Å². The lowest BCUT2D eigenvalue weighted by molar-refractivity contribution is -0.116. The second-order valence-electron chi connectivity index (χ2n) is 7.79. The average Bonchev–Trinajstić information content (AvgIpc) is 3.52. The van der Waals surface area contributed by atoms with Gasteiger partial charge in [0.25, 0.3) is 11.8 Å². The molecule has 6 nitrogen and oxygen atoms in total. The van der Waals surface area contributed by atoms with E-state index >= 15 is 0 Å². The highest BCUT2D eigenvalue weighted by Crippen LogP contribution is 2.34. The van der Waals surface area contributed by atoms with Gasteiger partial charge in [0, 0.05) is 11.3 Å². The average molecular weight is 463 g/mol. The van der Waals surface area contributed by atoms with Crippen LogP contribution in [-0.4, -0.2) is 21.8 Å². The van der Waals surface area contributed by atoms with Crippen LogP contribution in [0.5, 0.6) is 0 Å². The lowest BCUT2D eigenvalue weighted by Gasteiger charge is -2.27. The predicted molar refractivity (Wildman–Crippen MR) is 135 cm³/mol. The van der Waals surface area contributed by atoms with Gasteiger partial charge in [0.2, 0.25) is 0 Å². The summed E-state index contributed by atoms with van der Waals surface area (Å²) < 4.78 is 0.962. The highest BCUT2D eigenvalue weighted by molar-refractivity contribution is 7.21. The first-order valence-corrected chi connectivity index (χ1v) is 11.6. The van der Waals surface area contributed by atoms with E-state index in [4.69, 9.17) is 0 Å². The zero-order chi connectivity index (χ0) is 23.1. The number of H-pyrrole nitrogens is 1. The summed E-state index contributed by atoms with van der Waals surface area (Å²) in [5.74, 6) is -0.758. The molecule has 1 saturated heterocycles. The van der Waals surface area contributed by atoms with Crippen molar-refractivity contribution >= 4 is 50.9 Å². The first kappa shape index (κ1) is 20.1. The summed E-state index contributed by atoms with van der Waals surface area (Å²) in [5.41, 5.74) is 3.77. The maximum absolute atomic E-state index is 13.5. The van der Waals surface area contributed by atoms with Gasteiger partial charge in [0.1, 0.15) is 16.2 Å². The van der Waals surface area contributed by atoms with Crippen molar-refractivity contribution in [2.24, 2.45) is 0 Å². The number of nitrogens with zero attached hydrogens (tertiary/aromatic N) is 3. The highest BCUT2D eigenvalue weighted by atomic mass is 32.1. The molecule has 0 atom stereocenters. The second-order valence-corrected chi connectivity index (χ2v) is 8.82. The zero-order valence-corrected chi connectivity index (χ0v) is 18.7. The maximum atomic E-state index is 13.5. The molecule has 0 unspecified atom stereocenters. The highest BCUT2D eigenvalue weighted by Gasteiger charge is 2.42. The predicted octanol–water partition coefficient (Wildman–Crippen LogP) is 5.67. The Labute approximate surface area is 199 Å². The van der Waals surface area contributed by atoms with E-state index in [-0.39, 0.29) is 17.4 Å². The zero-order valence-electron chi connectivity index (χ0n) is 17.9. The van der Waals surface area contributed by atoms with Gasteiger partial charge in [-0.2, -0.15) is 0 Å². The number of fused-ring (bicyclic) bond motifs is 1. The van der Waals surface area contributed by atoms with E-state index in [0.717, 1.165) is 20.9 Å². The molecule has 1 N–H and O–H groups in total. The number of hydrogen-bond acceptors (Lipinski definition) is 4. The van der Waals surface area contributed by atoms with Crippen molar-refractivity contribution in [3.8, 4) is 10.6 Å². The van der Waals surface area contributed by atoms with Gasteiger partial charge in [-0.1, -0.05) is 66.7 Å². The Balaban J connectivity index is 1.40. The minimum absolute atomic E-state index is 0.0879. The molecule has 2 amide bonds.